The van der Waals surface area contributed by atoms with Crippen LogP contribution >= 0.6 is 23.2 Å². The molecule has 2 N–H and O–H groups in total. The normalized spacial score (nSPS) is 12.2. The summed E-state index contributed by atoms with van der Waals surface area (Å²) in [5, 5.41) is 0.955. The van der Waals surface area contributed by atoms with E-state index in [0.29, 0.717) is 21.5 Å². The fourth-order valence-corrected chi connectivity index (χ4v) is 1.97. The molecule has 0 fully saturated rings. The van der Waals surface area contributed by atoms with Crippen LogP contribution < -0.4 is 10.5 Å². The van der Waals surface area contributed by atoms with E-state index in [0.717, 1.165) is 12.0 Å². The molecule has 0 saturated heterocycles. The Hall–Kier alpha value is -1.29. The lowest BCUT2D eigenvalue weighted by Crippen LogP contribution is -2.17. The largest absolute Gasteiger partial charge is 0.456 e. The van der Waals surface area contributed by atoms with Crippen molar-refractivity contribution in [1.82, 2.24) is 4.98 Å². The molecular weight excluding hydrogens is 283 g/mol. The molecule has 2 aromatic rings. The SMILES string of the molecule is CC(N)Cc1cncc(Oc2ccc(Cl)c(Cl)c2)c1. The fourth-order valence-electron chi connectivity index (χ4n) is 1.68. The highest BCUT2D eigenvalue weighted by Crippen LogP contribution is 2.29. The van der Waals surface area contributed by atoms with Gasteiger partial charge < -0.3 is 10.5 Å². The minimum Gasteiger partial charge on any atom is -0.456 e. The molecule has 100 valence electrons. The van der Waals surface area contributed by atoms with Crippen molar-refractivity contribution in [2.24, 2.45) is 5.73 Å². The van der Waals surface area contributed by atoms with Gasteiger partial charge in [0.2, 0.25) is 0 Å². The number of nitrogens with zero attached hydrogens (tertiary/aromatic N) is 1. The third kappa shape index (κ3) is 4.10. The van der Waals surface area contributed by atoms with E-state index in [-0.39, 0.29) is 6.04 Å². The van der Waals surface area contributed by atoms with Crippen molar-refractivity contribution in [3.05, 3.63) is 52.3 Å². The van der Waals surface area contributed by atoms with Crippen LogP contribution in [-0.4, -0.2) is 11.0 Å². The lowest BCUT2D eigenvalue weighted by molar-refractivity contribution is 0.479. The van der Waals surface area contributed by atoms with Crippen LogP contribution in [0.5, 0.6) is 11.5 Å². The van der Waals surface area contributed by atoms with Gasteiger partial charge in [0.05, 0.1) is 16.2 Å². The van der Waals surface area contributed by atoms with Crippen molar-refractivity contribution >= 4 is 23.2 Å². The maximum absolute atomic E-state index is 5.94. The lowest BCUT2D eigenvalue weighted by Gasteiger charge is -2.09. The fraction of sp³-hybridized carbons (Fsp3) is 0.214. The van der Waals surface area contributed by atoms with Crippen LogP contribution in [0.1, 0.15) is 12.5 Å². The van der Waals surface area contributed by atoms with Gasteiger partial charge in [-0.2, -0.15) is 0 Å². The Morgan fingerprint density at radius 3 is 2.63 bits per heavy atom. The van der Waals surface area contributed by atoms with Gasteiger partial charge in [0, 0.05) is 18.3 Å². The molecule has 0 spiro atoms. The summed E-state index contributed by atoms with van der Waals surface area (Å²) in [5.74, 6) is 1.27. The zero-order valence-electron chi connectivity index (χ0n) is 10.4. The summed E-state index contributed by atoms with van der Waals surface area (Å²) in [5.41, 5.74) is 6.80. The first-order valence-electron chi connectivity index (χ1n) is 5.87. The summed E-state index contributed by atoms with van der Waals surface area (Å²) < 4.78 is 5.69. The lowest BCUT2D eigenvalue weighted by atomic mass is 10.1. The number of benzene rings is 1. The second-order valence-corrected chi connectivity index (χ2v) is 5.20. The van der Waals surface area contributed by atoms with E-state index >= 15 is 0 Å². The van der Waals surface area contributed by atoms with Crippen molar-refractivity contribution in [3.8, 4) is 11.5 Å². The van der Waals surface area contributed by atoms with Crippen LogP contribution in [0.2, 0.25) is 10.0 Å². The number of hydrogen-bond acceptors (Lipinski definition) is 3. The maximum Gasteiger partial charge on any atom is 0.145 e. The van der Waals surface area contributed by atoms with Gasteiger partial charge in [-0.15, -0.1) is 0 Å². The zero-order chi connectivity index (χ0) is 13.8. The summed E-state index contributed by atoms with van der Waals surface area (Å²) in [4.78, 5) is 4.13. The highest BCUT2D eigenvalue weighted by Gasteiger charge is 2.04. The smallest absolute Gasteiger partial charge is 0.145 e. The Morgan fingerprint density at radius 1 is 1.16 bits per heavy atom. The number of nitrogens with two attached hydrogens (primary N) is 1. The minimum atomic E-state index is 0.0852. The number of hydrogen-bond donors (Lipinski definition) is 1. The van der Waals surface area contributed by atoms with Crippen LogP contribution in [0.25, 0.3) is 0 Å². The van der Waals surface area contributed by atoms with Crippen molar-refractivity contribution in [2.45, 2.75) is 19.4 Å². The standard InChI is InChI=1S/C14H14Cl2N2O/c1-9(17)4-10-5-12(8-18-7-10)19-11-2-3-13(15)14(16)6-11/h2-3,5-9H,4,17H2,1H3. The van der Waals surface area contributed by atoms with Gasteiger partial charge in [0.1, 0.15) is 11.5 Å². The van der Waals surface area contributed by atoms with Crippen LogP contribution in [0.15, 0.2) is 36.7 Å². The number of halogens is 2. The summed E-state index contributed by atoms with van der Waals surface area (Å²) >= 11 is 11.8. The van der Waals surface area contributed by atoms with Gasteiger partial charge >= 0.3 is 0 Å². The van der Waals surface area contributed by atoms with E-state index in [1.165, 1.54) is 0 Å². The molecule has 0 aliphatic carbocycles. The summed E-state index contributed by atoms with van der Waals surface area (Å²) in [6, 6.07) is 7.12. The Balaban J connectivity index is 2.16. The average molecular weight is 297 g/mol. The Bertz CT molecular complexity index is 573. The highest BCUT2D eigenvalue weighted by molar-refractivity contribution is 6.42. The molecule has 0 bridgehead atoms. The highest BCUT2D eigenvalue weighted by atomic mass is 35.5. The van der Waals surface area contributed by atoms with Gasteiger partial charge in [0.15, 0.2) is 0 Å². The van der Waals surface area contributed by atoms with E-state index in [1.807, 2.05) is 13.0 Å². The van der Waals surface area contributed by atoms with Gasteiger partial charge in [-0.3, -0.25) is 4.98 Å². The molecule has 1 aromatic heterocycles. The van der Waals surface area contributed by atoms with Crippen molar-refractivity contribution in [1.29, 1.82) is 0 Å². The van der Waals surface area contributed by atoms with E-state index < -0.39 is 0 Å². The molecule has 1 atom stereocenters. The summed E-state index contributed by atoms with van der Waals surface area (Å²) in [7, 11) is 0. The Labute approximate surface area is 122 Å². The van der Waals surface area contributed by atoms with Crippen LogP contribution in [0.3, 0.4) is 0 Å². The van der Waals surface area contributed by atoms with E-state index in [9.17, 15) is 0 Å². The van der Waals surface area contributed by atoms with Crippen LogP contribution in [0, 0.1) is 0 Å². The van der Waals surface area contributed by atoms with Gasteiger partial charge in [-0.25, -0.2) is 0 Å². The minimum absolute atomic E-state index is 0.0852. The summed E-state index contributed by atoms with van der Waals surface area (Å²) in [6.45, 7) is 1.95. The van der Waals surface area contributed by atoms with E-state index in [1.54, 1.807) is 30.6 Å². The number of ether oxygens (including phenoxy) is 1. The molecule has 0 radical (unpaired) electrons. The third-order valence-electron chi connectivity index (χ3n) is 2.45. The first kappa shape index (κ1) is 14.1. The molecule has 1 heterocycles. The zero-order valence-corrected chi connectivity index (χ0v) is 11.9. The molecule has 2 rings (SSSR count). The molecule has 0 aliphatic rings. The first-order chi connectivity index (χ1) is 9.04. The molecule has 1 aromatic carbocycles. The number of pyridine rings is 1. The molecule has 19 heavy (non-hydrogen) atoms. The molecule has 0 saturated carbocycles. The molecule has 0 amide bonds. The molecule has 5 heteroatoms. The average Bonchev–Trinajstić information content (AvgIpc) is 2.33. The molecule has 0 aliphatic heterocycles. The van der Waals surface area contributed by atoms with Crippen molar-refractivity contribution < 1.29 is 4.74 Å². The molecule has 1 unspecified atom stereocenters. The van der Waals surface area contributed by atoms with E-state index in [4.69, 9.17) is 33.7 Å². The second-order valence-electron chi connectivity index (χ2n) is 4.39. The van der Waals surface area contributed by atoms with Crippen molar-refractivity contribution in [3.63, 3.8) is 0 Å². The predicted octanol–water partition coefficient (Wildman–Crippen LogP) is 4.07. The van der Waals surface area contributed by atoms with Gasteiger partial charge in [-0.1, -0.05) is 23.2 Å². The van der Waals surface area contributed by atoms with Crippen molar-refractivity contribution in [2.75, 3.05) is 0 Å². The predicted molar refractivity (Wildman–Crippen MR) is 78.1 cm³/mol. The van der Waals surface area contributed by atoms with Crippen LogP contribution in [-0.2, 0) is 6.42 Å². The monoisotopic (exact) mass is 296 g/mol. The van der Waals surface area contributed by atoms with Gasteiger partial charge in [-0.05, 0) is 37.1 Å². The maximum atomic E-state index is 5.94. The van der Waals surface area contributed by atoms with Gasteiger partial charge in [0.25, 0.3) is 0 Å². The third-order valence-corrected chi connectivity index (χ3v) is 3.19. The topological polar surface area (TPSA) is 48.1 Å². The van der Waals surface area contributed by atoms with Crippen LogP contribution in [0.4, 0.5) is 0 Å². The Kier molecular flexibility index (Phi) is 4.64. The number of aromatic nitrogens is 1. The molecule has 3 nitrogen and oxygen atoms in total. The first-order valence-corrected chi connectivity index (χ1v) is 6.62. The number of rotatable bonds is 4. The van der Waals surface area contributed by atoms with E-state index in [2.05, 4.69) is 4.98 Å². The quantitative estimate of drug-likeness (QED) is 0.925. The second kappa shape index (κ2) is 6.24. The Morgan fingerprint density at radius 2 is 1.95 bits per heavy atom. The summed E-state index contributed by atoms with van der Waals surface area (Å²) in [6.07, 6.45) is 4.18. The molecular formula is C14H14Cl2N2O.